The lowest BCUT2D eigenvalue weighted by molar-refractivity contribution is -0.122. The van der Waals surface area contributed by atoms with Crippen LogP contribution in [0.5, 0.6) is 0 Å². The normalized spacial score (nSPS) is 29.1. The second-order valence-corrected chi connectivity index (χ2v) is 4.02. The average molecular weight is 182 g/mol. The largest absolute Gasteiger partial charge is 0.384 e. The molecule has 64 valence electrons. The number of allylic oxidation sites excluding steroid dienone is 3. The third kappa shape index (κ3) is 1.23. The Bertz CT molecular complexity index is 278. The first-order valence-electron chi connectivity index (χ1n) is 4.05. The lowest BCUT2D eigenvalue weighted by atomic mass is 10.00. The van der Waals surface area contributed by atoms with E-state index in [4.69, 9.17) is 0 Å². The Morgan fingerprint density at radius 3 is 3.00 bits per heavy atom. The van der Waals surface area contributed by atoms with Gasteiger partial charge in [-0.1, -0.05) is 12.2 Å². The van der Waals surface area contributed by atoms with E-state index >= 15 is 0 Å². The van der Waals surface area contributed by atoms with Gasteiger partial charge in [-0.15, -0.1) is 11.8 Å². The van der Waals surface area contributed by atoms with Crippen LogP contribution in [0.3, 0.4) is 0 Å². The third-order valence-corrected chi connectivity index (χ3v) is 3.26. The maximum atomic E-state index is 11.4. The molecule has 12 heavy (non-hydrogen) atoms. The maximum Gasteiger partial charge on any atom is 0.192 e. The van der Waals surface area contributed by atoms with Crippen LogP contribution in [0, 0.1) is 0 Å². The van der Waals surface area contributed by atoms with Gasteiger partial charge in [0.15, 0.2) is 5.78 Å². The number of aliphatic hydroxyl groups excluding tert-OH is 1. The summed E-state index contributed by atoms with van der Waals surface area (Å²) < 4.78 is 0. The van der Waals surface area contributed by atoms with Gasteiger partial charge in [-0.3, -0.25) is 4.79 Å². The van der Waals surface area contributed by atoms with E-state index in [0.29, 0.717) is 5.75 Å². The first-order chi connectivity index (χ1) is 5.79. The van der Waals surface area contributed by atoms with Gasteiger partial charge in [0.2, 0.25) is 0 Å². The summed E-state index contributed by atoms with van der Waals surface area (Å²) in [5, 5.41) is 9.28. The Hall–Kier alpha value is -0.540. The van der Waals surface area contributed by atoms with Crippen molar-refractivity contribution in [2.24, 2.45) is 0 Å². The van der Waals surface area contributed by atoms with Crippen molar-refractivity contribution < 1.29 is 9.90 Å². The molecule has 1 atom stereocenters. The van der Waals surface area contributed by atoms with Crippen molar-refractivity contribution in [2.75, 3.05) is 5.75 Å². The number of fused-ring (bicyclic) bond motifs is 1. The summed E-state index contributed by atoms with van der Waals surface area (Å²) in [6, 6.07) is 0. The van der Waals surface area contributed by atoms with Crippen molar-refractivity contribution >= 4 is 17.5 Å². The van der Waals surface area contributed by atoms with Crippen LogP contribution in [0.25, 0.3) is 0 Å². The van der Waals surface area contributed by atoms with Crippen molar-refractivity contribution in [3.8, 4) is 0 Å². The van der Waals surface area contributed by atoms with Gasteiger partial charge in [0.1, 0.15) is 6.10 Å². The molecule has 0 aromatic carbocycles. The molecule has 3 heteroatoms. The molecule has 0 amide bonds. The molecule has 1 N–H and O–H groups in total. The highest BCUT2D eigenvalue weighted by molar-refractivity contribution is 8.03. The molecule has 1 saturated heterocycles. The van der Waals surface area contributed by atoms with E-state index in [1.807, 2.05) is 6.08 Å². The van der Waals surface area contributed by atoms with Gasteiger partial charge < -0.3 is 5.11 Å². The highest BCUT2D eigenvalue weighted by Crippen LogP contribution is 2.34. The SMILES string of the molecule is O=C1C2=CCCC=C2SCC1O. The molecule has 1 aliphatic heterocycles. The van der Waals surface area contributed by atoms with E-state index in [2.05, 4.69) is 6.08 Å². The van der Waals surface area contributed by atoms with Crippen LogP contribution < -0.4 is 0 Å². The van der Waals surface area contributed by atoms with E-state index in [1.54, 1.807) is 11.8 Å². The number of hydrogen-bond acceptors (Lipinski definition) is 3. The maximum absolute atomic E-state index is 11.4. The van der Waals surface area contributed by atoms with Crippen molar-refractivity contribution in [3.63, 3.8) is 0 Å². The van der Waals surface area contributed by atoms with Crippen LogP contribution in [0.1, 0.15) is 12.8 Å². The van der Waals surface area contributed by atoms with Crippen LogP contribution in [0.2, 0.25) is 0 Å². The molecule has 1 aliphatic carbocycles. The molecule has 1 fully saturated rings. The van der Waals surface area contributed by atoms with Gasteiger partial charge in [0.25, 0.3) is 0 Å². The Morgan fingerprint density at radius 2 is 2.17 bits per heavy atom. The first-order valence-corrected chi connectivity index (χ1v) is 5.03. The van der Waals surface area contributed by atoms with Gasteiger partial charge in [-0.25, -0.2) is 0 Å². The van der Waals surface area contributed by atoms with E-state index in [9.17, 15) is 9.90 Å². The minimum absolute atomic E-state index is 0.0975. The standard InChI is InChI=1S/C9H10O2S/c10-7-5-12-8-4-2-1-3-6(8)9(7)11/h3-4,7,10H,1-2,5H2. The lowest BCUT2D eigenvalue weighted by Gasteiger charge is -2.23. The summed E-state index contributed by atoms with van der Waals surface area (Å²) in [5.41, 5.74) is 0.741. The molecule has 0 spiro atoms. The summed E-state index contributed by atoms with van der Waals surface area (Å²) in [6.45, 7) is 0. The number of hydrogen-bond donors (Lipinski definition) is 1. The van der Waals surface area contributed by atoms with Gasteiger partial charge in [-0.05, 0) is 12.8 Å². The number of carbonyl (C=O) groups is 1. The molecule has 2 nitrogen and oxygen atoms in total. The topological polar surface area (TPSA) is 37.3 Å². The monoisotopic (exact) mass is 182 g/mol. The van der Waals surface area contributed by atoms with E-state index in [1.165, 1.54) is 0 Å². The highest BCUT2D eigenvalue weighted by Gasteiger charge is 2.28. The predicted octanol–water partition coefficient (Wildman–Crippen LogP) is 1.27. The predicted molar refractivity (Wildman–Crippen MR) is 48.9 cm³/mol. The molecule has 0 radical (unpaired) electrons. The van der Waals surface area contributed by atoms with Gasteiger partial charge in [-0.2, -0.15) is 0 Å². The molecule has 2 rings (SSSR count). The fourth-order valence-electron chi connectivity index (χ4n) is 1.44. The number of aliphatic hydroxyl groups is 1. The van der Waals surface area contributed by atoms with Crippen LogP contribution in [-0.4, -0.2) is 22.7 Å². The Labute approximate surface area is 75.3 Å². The quantitative estimate of drug-likeness (QED) is 0.613. The van der Waals surface area contributed by atoms with Crippen molar-refractivity contribution in [2.45, 2.75) is 18.9 Å². The van der Waals surface area contributed by atoms with Crippen LogP contribution in [-0.2, 0) is 4.79 Å². The molecule has 1 heterocycles. The molecule has 0 saturated carbocycles. The van der Waals surface area contributed by atoms with Crippen molar-refractivity contribution in [1.29, 1.82) is 0 Å². The van der Waals surface area contributed by atoms with Gasteiger partial charge >= 0.3 is 0 Å². The molecular formula is C9H10O2S. The highest BCUT2D eigenvalue weighted by atomic mass is 32.2. The average Bonchev–Trinajstić information content (AvgIpc) is 2.12. The van der Waals surface area contributed by atoms with Crippen LogP contribution in [0.4, 0.5) is 0 Å². The number of thioether (sulfide) groups is 1. The van der Waals surface area contributed by atoms with Crippen LogP contribution in [0.15, 0.2) is 22.6 Å². The Balaban J connectivity index is 2.31. The number of carbonyl (C=O) groups excluding carboxylic acids is 1. The van der Waals surface area contributed by atoms with E-state index in [-0.39, 0.29) is 5.78 Å². The van der Waals surface area contributed by atoms with Gasteiger partial charge in [0, 0.05) is 16.2 Å². The fourth-order valence-corrected chi connectivity index (χ4v) is 2.50. The zero-order valence-corrected chi connectivity index (χ0v) is 7.43. The third-order valence-electron chi connectivity index (χ3n) is 2.08. The van der Waals surface area contributed by atoms with Crippen molar-refractivity contribution in [3.05, 3.63) is 22.6 Å². The molecule has 2 aliphatic rings. The zero-order chi connectivity index (χ0) is 8.55. The summed E-state index contributed by atoms with van der Waals surface area (Å²) in [5.74, 6) is 0.418. The second kappa shape index (κ2) is 3.07. The number of ketones is 1. The minimum Gasteiger partial charge on any atom is -0.384 e. The number of Topliss-reactive ketones (excluding diaryl/α,β-unsaturated/α-hetero) is 1. The van der Waals surface area contributed by atoms with Crippen molar-refractivity contribution in [1.82, 2.24) is 0 Å². The fraction of sp³-hybridized carbons (Fsp3) is 0.444. The number of rotatable bonds is 0. The summed E-state index contributed by atoms with van der Waals surface area (Å²) in [4.78, 5) is 12.5. The summed E-state index contributed by atoms with van der Waals surface area (Å²) in [6.07, 6.45) is 5.20. The van der Waals surface area contributed by atoms with E-state index < -0.39 is 6.10 Å². The van der Waals surface area contributed by atoms with E-state index in [0.717, 1.165) is 23.3 Å². The molecule has 0 bridgehead atoms. The lowest BCUT2D eigenvalue weighted by Crippen LogP contribution is -2.29. The molecular weight excluding hydrogens is 172 g/mol. The second-order valence-electron chi connectivity index (χ2n) is 2.95. The zero-order valence-electron chi connectivity index (χ0n) is 6.62. The Morgan fingerprint density at radius 1 is 1.42 bits per heavy atom. The molecule has 1 unspecified atom stereocenters. The Kier molecular flexibility index (Phi) is 2.07. The summed E-state index contributed by atoms with van der Waals surface area (Å²) >= 11 is 1.58. The minimum atomic E-state index is -0.781. The molecule has 0 aromatic heterocycles. The smallest absolute Gasteiger partial charge is 0.192 e. The van der Waals surface area contributed by atoms with Gasteiger partial charge in [0.05, 0.1) is 0 Å². The van der Waals surface area contributed by atoms with Crippen LogP contribution >= 0.6 is 11.8 Å². The molecule has 0 aromatic rings. The first kappa shape index (κ1) is 8.08. The summed E-state index contributed by atoms with van der Waals surface area (Å²) in [7, 11) is 0.